The van der Waals surface area contributed by atoms with Crippen LogP contribution in [0.5, 0.6) is 0 Å². The number of carbonyl (C=O) groups excluding carboxylic acids is 2. The normalized spacial score (nSPS) is 16.9. The molecule has 1 aliphatic rings. The summed E-state index contributed by atoms with van der Waals surface area (Å²) < 4.78 is 0. The van der Waals surface area contributed by atoms with Crippen molar-refractivity contribution in [3.8, 4) is 0 Å². The number of rotatable bonds is 7. The molecule has 1 saturated heterocycles. The summed E-state index contributed by atoms with van der Waals surface area (Å²) in [4.78, 5) is 26.1. The third-order valence-electron chi connectivity index (χ3n) is 3.64. The Bertz CT molecular complexity index is 344. The molecule has 2 amide bonds. The molecule has 4 nitrogen and oxygen atoms in total. The Kier molecular flexibility index (Phi) is 7.34. The molecule has 0 aliphatic carbocycles. The summed E-state index contributed by atoms with van der Waals surface area (Å²) in [5.74, 6) is 0.0104. The maximum Gasteiger partial charge on any atom is 0.245 e. The highest BCUT2D eigenvalue weighted by Crippen LogP contribution is 2.13. The monoisotopic (exact) mass is 280 g/mol. The van der Waals surface area contributed by atoms with Crippen LogP contribution >= 0.6 is 0 Å². The Morgan fingerprint density at radius 3 is 2.45 bits per heavy atom. The van der Waals surface area contributed by atoms with Gasteiger partial charge in [-0.15, -0.1) is 0 Å². The van der Waals surface area contributed by atoms with E-state index in [1.807, 2.05) is 24.8 Å². The Labute approximate surface area is 122 Å². The fourth-order valence-corrected chi connectivity index (χ4v) is 2.36. The molecular weight excluding hydrogens is 252 g/mol. The maximum atomic E-state index is 12.4. The smallest absolute Gasteiger partial charge is 0.245 e. The van der Waals surface area contributed by atoms with Crippen LogP contribution < -0.4 is 5.32 Å². The van der Waals surface area contributed by atoms with Crippen molar-refractivity contribution in [2.45, 2.75) is 58.9 Å². The van der Waals surface area contributed by atoms with E-state index in [1.54, 1.807) is 6.08 Å². The lowest BCUT2D eigenvalue weighted by atomic mass is 10.0. The number of hydrogen-bond donors (Lipinski definition) is 1. The third-order valence-corrected chi connectivity index (χ3v) is 3.64. The molecule has 0 aromatic carbocycles. The van der Waals surface area contributed by atoms with Crippen LogP contribution in [-0.4, -0.2) is 35.8 Å². The number of nitrogens with zero attached hydrogens (tertiary/aromatic N) is 1. The van der Waals surface area contributed by atoms with Crippen molar-refractivity contribution >= 4 is 11.8 Å². The lowest BCUT2D eigenvalue weighted by Crippen LogP contribution is -2.50. The first-order valence-corrected chi connectivity index (χ1v) is 7.82. The maximum absolute atomic E-state index is 12.4. The molecule has 0 radical (unpaired) electrons. The summed E-state index contributed by atoms with van der Waals surface area (Å²) in [6.45, 7) is 7.71. The molecule has 1 heterocycles. The highest BCUT2D eigenvalue weighted by Gasteiger charge is 2.29. The van der Waals surface area contributed by atoms with Gasteiger partial charge in [-0.2, -0.15) is 0 Å². The fraction of sp³-hybridized carbons (Fsp3) is 0.750. The van der Waals surface area contributed by atoms with Gasteiger partial charge in [0.2, 0.25) is 11.8 Å². The molecule has 1 N–H and O–H groups in total. The summed E-state index contributed by atoms with van der Waals surface area (Å²) in [6, 6.07) is -0.406. The number of nitrogens with one attached hydrogen (secondary N) is 1. The van der Waals surface area contributed by atoms with Gasteiger partial charge in [0, 0.05) is 13.1 Å². The van der Waals surface area contributed by atoms with E-state index in [9.17, 15) is 9.59 Å². The van der Waals surface area contributed by atoms with E-state index >= 15 is 0 Å². The van der Waals surface area contributed by atoms with Gasteiger partial charge in [-0.1, -0.05) is 39.7 Å². The Balaban J connectivity index is 2.51. The van der Waals surface area contributed by atoms with Crippen LogP contribution in [0.2, 0.25) is 0 Å². The molecule has 0 spiro atoms. The number of allylic oxidation sites excluding steroid dienone is 1. The van der Waals surface area contributed by atoms with Gasteiger partial charge in [-0.3, -0.25) is 9.59 Å². The van der Waals surface area contributed by atoms with E-state index in [-0.39, 0.29) is 17.7 Å². The van der Waals surface area contributed by atoms with Gasteiger partial charge in [-0.25, -0.2) is 0 Å². The molecule has 0 aromatic heterocycles. The predicted octanol–water partition coefficient (Wildman–Crippen LogP) is 2.50. The zero-order valence-corrected chi connectivity index (χ0v) is 13.0. The predicted molar refractivity (Wildman–Crippen MR) is 81.2 cm³/mol. The number of unbranched alkanes of at least 4 members (excludes halogenated alkanes) is 2. The molecule has 20 heavy (non-hydrogen) atoms. The fourth-order valence-electron chi connectivity index (χ4n) is 2.36. The van der Waals surface area contributed by atoms with Gasteiger partial charge in [0.05, 0.1) is 0 Å². The topological polar surface area (TPSA) is 49.4 Å². The minimum atomic E-state index is -0.406. The summed E-state index contributed by atoms with van der Waals surface area (Å²) in [7, 11) is 0. The summed E-state index contributed by atoms with van der Waals surface area (Å²) in [5.41, 5.74) is 0. The molecule has 1 atom stereocenters. The molecule has 0 bridgehead atoms. The van der Waals surface area contributed by atoms with E-state index in [0.717, 1.165) is 45.2 Å². The average molecular weight is 280 g/mol. The van der Waals surface area contributed by atoms with Crippen LogP contribution in [-0.2, 0) is 9.59 Å². The zero-order chi connectivity index (χ0) is 15.0. The lowest BCUT2D eigenvalue weighted by molar-refractivity contribution is -0.135. The molecule has 0 aromatic rings. The lowest BCUT2D eigenvalue weighted by Gasteiger charge is -2.26. The molecule has 0 saturated carbocycles. The molecule has 1 unspecified atom stereocenters. The largest absolute Gasteiger partial charge is 0.341 e. The van der Waals surface area contributed by atoms with Crippen LogP contribution in [0, 0.1) is 5.92 Å². The average Bonchev–Trinajstić information content (AvgIpc) is 2.94. The van der Waals surface area contributed by atoms with Crippen molar-refractivity contribution in [3.05, 3.63) is 12.2 Å². The molecule has 114 valence electrons. The first-order valence-electron chi connectivity index (χ1n) is 7.82. The van der Waals surface area contributed by atoms with Crippen molar-refractivity contribution < 1.29 is 9.59 Å². The second-order valence-electron chi connectivity index (χ2n) is 5.81. The number of likely N-dealkylation sites (tertiary alicyclic amines) is 1. The highest BCUT2D eigenvalue weighted by molar-refractivity contribution is 5.93. The van der Waals surface area contributed by atoms with Gasteiger partial charge in [0.15, 0.2) is 0 Å². The van der Waals surface area contributed by atoms with E-state index in [1.165, 1.54) is 0 Å². The van der Waals surface area contributed by atoms with E-state index in [0.29, 0.717) is 0 Å². The highest BCUT2D eigenvalue weighted by atomic mass is 16.2. The van der Waals surface area contributed by atoms with Gasteiger partial charge in [0.1, 0.15) is 6.04 Å². The zero-order valence-electron chi connectivity index (χ0n) is 13.0. The summed E-state index contributed by atoms with van der Waals surface area (Å²) in [5, 5.41) is 2.85. The van der Waals surface area contributed by atoms with E-state index < -0.39 is 6.04 Å². The molecular formula is C16H28N2O2. The summed E-state index contributed by atoms with van der Waals surface area (Å²) >= 11 is 0. The van der Waals surface area contributed by atoms with Gasteiger partial charge in [0.25, 0.3) is 0 Å². The van der Waals surface area contributed by atoms with Crippen LogP contribution in [0.25, 0.3) is 0 Å². The SMILES string of the molecule is CCCC/C=C/C(=O)NC(C(=O)N1CCCC1)C(C)C. The van der Waals surface area contributed by atoms with Crippen molar-refractivity contribution in [1.29, 1.82) is 0 Å². The van der Waals surface area contributed by atoms with E-state index in [4.69, 9.17) is 0 Å². The Hall–Kier alpha value is -1.32. The number of amides is 2. The van der Waals surface area contributed by atoms with Crippen molar-refractivity contribution in [1.82, 2.24) is 10.2 Å². The Morgan fingerprint density at radius 2 is 1.90 bits per heavy atom. The number of hydrogen-bond acceptors (Lipinski definition) is 2. The molecule has 4 heteroatoms. The standard InChI is InChI=1S/C16H28N2O2/c1-4-5-6-7-10-14(19)17-15(13(2)3)16(20)18-11-8-9-12-18/h7,10,13,15H,4-6,8-9,11-12H2,1-3H3,(H,17,19)/b10-7+. The third kappa shape index (κ3) is 5.35. The molecule has 1 aliphatic heterocycles. The van der Waals surface area contributed by atoms with Gasteiger partial charge in [-0.05, 0) is 31.3 Å². The minimum Gasteiger partial charge on any atom is -0.341 e. The minimum absolute atomic E-state index is 0.0628. The van der Waals surface area contributed by atoms with E-state index in [2.05, 4.69) is 12.2 Å². The second kappa shape index (κ2) is 8.77. The first kappa shape index (κ1) is 16.7. The van der Waals surface area contributed by atoms with Crippen LogP contribution in [0.15, 0.2) is 12.2 Å². The van der Waals surface area contributed by atoms with Gasteiger partial charge < -0.3 is 10.2 Å². The second-order valence-corrected chi connectivity index (χ2v) is 5.81. The van der Waals surface area contributed by atoms with Crippen molar-refractivity contribution in [3.63, 3.8) is 0 Å². The number of carbonyl (C=O) groups is 2. The first-order chi connectivity index (χ1) is 9.56. The van der Waals surface area contributed by atoms with Crippen LogP contribution in [0.1, 0.15) is 52.9 Å². The summed E-state index contributed by atoms with van der Waals surface area (Å²) in [6.07, 6.45) is 8.70. The quantitative estimate of drug-likeness (QED) is 0.575. The molecule has 1 rings (SSSR count). The Morgan fingerprint density at radius 1 is 1.25 bits per heavy atom. The molecule has 1 fully saturated rings. The van der Waals surface area contributed by atoms with Crippen LogP contribution in [0.4, 0.5) is 0 Å². The van der Waals surface area contributed by atoms with Gasteiger partial charge >= 0.3 is 0 Å². The van der Waals surface area contributed by atoms with Crippen molar-refractivity contribution in [2.24, 2.45) is 5.92 Å². The van der Waals surface area contributed by atoms with Crippen LogP contribution in [0.3, 0.4) is 0 Å². The van der Waals surface area contributed by atoms with Crippen molar-refractivity contribution in [2.75, 3.05) is 13.1 Å².